The maximum absolute atomic E-state index is 11.0. The van der Waals surface area contributed by atoms with Crippen molar-refractivity contribution in [2.75, 3.05) is 13.1 Å². The summed E-state index contributed by atoms with van der Waals surface area (Å²) in [6, 6.07) is -0.151. The van der Waals surface area contributed by atoms with E-state index in [9.17, 15) is 4.79 Å². The van der Waals surface area contributed by atoms with Gasteiger partial charge in [-0.25, -0.2) is 4.79 Å². The molecule has 0 aromatic carbocycles. The fourth-order valence-corrected chi connectivity index (χ4v) is 2.08. The molecular weight excluding hydrogens is 174 g/mol. The third kappa shape index (κ3) is 1.09. The van der Waals surface area contributed by atoms with Gasteiger partial charge < -0.3 is 16.0 Å². The van der Waals surface area contributed by atoms with E-state index in [4.69, 9.17) is 12.2 Å². The molecule has 2 rings (SSSR count). The van der Waals surface area contributed by atoms with Crippen molar-refractivity contribution >= 4 is 23.2 Å². The molecule has 3 N–H and O–H groups in total. The van der Waals surface area contributed by atoms with Crippen LogP contribution in [0.1, 0.15) is 12.8 Å². The van der Waals surface area contributed by atoms with Gasteiger partial charge in [-0.3, -0.25) is 0 Å². The number of thiocarbonyl (C=S) groups is 1. The molecule has 66 valence electrons. The molecule has 0 aromatic heterocycles. The van der Waals surface area contributed by atoms with Crippen molar-refractivity contribution in [3.63, 3.8) is 0 Å². The zero-order valence-electron chi connectivity index (χ0n) is 6.64. The van der Waals surface area contributed by atoms with Crippen LogP contribution in [0.5, 0.6) is 0 Å². The van der Waals surface area contributed by atoms with Crippen LogP contribution < -0.4 is 16.0 Å². The highest BCUT2D eigenvalue weighted by Gasteiger charge is 2.43. The van der Waals surface area contributed by atoms with Gasteiger partial charge >= 0.3 is 6.03 Å². The smallest absolute Gasteiger partial charge is 0.320 e. The van der Waals surface area contributed by atoms with Crippen LogP contribution in [0.25, 0.3) is 0 Å². The van der Waals surface area contributed by atoms with E-state index in [0.29, 0.717) is 4.99 Å². The molecule has 0 unspecified atom stereocenters. The Kier molecular flexibility index (Phi) is 1.77. The minimum absolute atomic E-state index is 0.151. The predicted molar refractivity (Wildman–Crippen MR) is 49.1 cm³/mol. The van der Waals surface area contributed by atoms with Crippen LogP contribution in [0.4, 0.5) is 4.79 Å². The number of hydrogen-bond donors (Lipinski definition) is 3. The first-order valence-corrected chi connectivity index (χ1v) is 4.48. The molecule has 12 heavy (non-hydrogen) atoms. The van der Waals surface area contributed by atoms with Crippen LogP contribution in [-0.4, -0.2) is 29.6 Å². The normalized spacial score (nSPS) is 27.0. The van der Waals surface area contributed by atoms with Crippen molar-refractivity contribution in [1.29, 1.82) is 0 Å². The molecule has 4 nitrogen and oxygen atoms in total. The molecule has 2 aliphatic rings. The van der Waals surface area contributed by atoms with Crippen molar-refractivity contribution in [3.05, 3.63) is 0 Å². The fourth-order valence-electron chi connectivity index (χ4n) is 1.73. The van der Waals surface area contributed by atoms with Gasteiger partial charge in [0.05, 0.1) is 5.54 Å². The molecule has 1 spiro atoms. The number of hydrogen-bond acceptors (Lipinski definition) is 3. The van der Waals surface area contributed by atoms with E-state index in [1.807, 2.05) is 0 Å². The van der Waals surface area contributed by atoms with Gasteiger partial charge in [-0.1, -0.05) is 12.2 Å². The summed E-state index contributed by atoms with van der Waals surface area (Å²) in [4.78, 5) is 11.7. The van der Waals surface area contributed by atoms with Crippen molar-refractivity contribution in [1.82, 2.24) is 16.0 Å². The van der Waals surface area contributed by atoms with Crippen LogP contribution in [-0.2, 0) is 0 Å². The summed E-state index contributed by atoms with van der Waals surface area (Å²) in [5, 5.41) is 8.75. The van der Waals surface area contributed by atoms with Crippen molar-refractivity contribution in [2.24, 2.45) is 0 Å². The van der Waals surface area contributed by atoms with Gasteiger partial charge in [0.2, 0.25) is 0 Å². The average Bonchev–Trinajstić information content (AvgIpc) is 2.29. The molecule has 0 saturated carbocycles. The molecule has 0 aromatic rings. The van der Waals surface area contributed by atoms with Gasteiger partial charge in [0.15, 0.2) is 0 Å². The highest BCUT2D eigenvalue weighted by atomic mass is 32.1. The second-order valence-corrected chi connectivity index (χ2v) is 3.65. The molecule has 2 heterocycles. The molecule has 2 aliphatic heterocycles. The van der Waals surface area contributed by atoms with Gasteiger partial charge in [0, 0.05) is 0 Å². The lowest BCUT2D eigenvalue weighted by Crippen LogP contribution is -2.53. The topological polar surface area (TPSA) is 53.2 Å². The van der Waals surface area contributed by atoms with E-state index in [1.54, 1.807) is 0 Å². The maximum atomic E-state index is 11.0. The van der Waals surface area contributed by atoms with E-state index in [0.717, 1.165) is 25.9 Å². The monoisotopic (exact) mass is 185 g/mol. The average molecular weight is 185 g/mol. The molecule has 5 heteroatoms. The number of rotatable bonds is 0. The summed E-state index contributed by atoms with van der Waals surface area (Å²) in [6.45, 7) is 1.84. The fraction of sp³-hybridized carbons (Fsp3) is 0.714. The lowest BCUT2D eigenvalue weighted by molar-refractivity contribution is 0.240. The zero-order chi connectivity index (χ0) is 8.60. The standard InChI is InChI=1S/C7H11N3OS/c11-6-9-5(12)7(10-6)1-3-8-4-2-7/h8H,1-4H2,(H2,9,10,11,12). The number of amides is 2. The summed E-state index contributed by atoms with van der Waals surface area (Å²) in [6.07, 6.45) is 1.79. The van der Waals surface area contributed by atoms with Crippen molar-refractivity contribution < 1.29 is 4.79 Å². The third-order valence-corrected chi connectivity index (χ3v) is 2.96. The largest absolute Gasteiger partial charge is 0.326 e. The summed E-state index contributed by atoms with van der Waals surface area (Å²) in [5.41, 5.74) is -0.238. The Balaban J connectivity index is 2.18. The first-order valence-electron chi connectivity index (χ1n) is 4.07. The minimum atomic E-state index is -0.238. The SMILES string of the molecule is O=C1NC(=S)C2(CCNCC2)N1. The van der Waals surface area contributed by atoms with Crippen molar-refractivity contribution in [2.45, 2.75) is 18.4 Å². The van der Waals surface area contributed by atoms with Crippen LogP contribution in [0, 0.1) is 0 Å². The van der Waals surface area contributed by atoms with Gasteiger partial charge in [-0.05, 0) is 25.9 Å². The lowest BCUT2D eigenvalue weighted by Gasteiger charge is -2.32. The second-order valence-electron chi connectivity index (χ2n) is 3.24. The molecule has 2 fully saturated rings. The minimum Gasteiger partial charge on any atom is -0.326 e. The number of carbonyl (C=O) groups excluding carboxylic acids is 1. The van der Waals surface area contributed by atoms with E-state index < -0.39 is 0 Å². The molecule has 0 aliphatic carbocycles. The Morgan fingerprint density at radius 1 is 1.33 bits per heavy atom. The zero-order valence-corrected chi connectivity index (χ0v) is 7.46. The Morgan fingerprint density at radius 3 is 2.50 bits per heavy atom. The molecule has 0 atom stereocenters. The van der Waals surface area contributed by atoms with Crippen LogP contribution >= 0.6 is 12.2 Å². The number of piperidine rings is 1. The van der Waals surface area contributed by atoms with Gasteiger partial charge in [0.1, 0.15) is 4.99 Å². The van der Waals surface area contributed by atoms with Gasteiger partial charge in [-0.2, -0.15) is 0 Å². The Morgan fingerprint density at radius 2 is 2.00 bits per heavy atom. The summed E-state index contributed by atoms with van der Waals surface area (Å²) in [5.74, 6) is 0. The lowest BCUT2D eigenvalue weighted by atomic mass is 9.89. The summed E-state index contributed by atoms with van der Waals surface area (Å²) >= 11 is 5.11. The molecule has 2 saturated heterocycles. The first-order chi connectivity index (χ1) is 5.73. The number of nitrogens with one attached hydrogen (secondary N) is 3. The van der Waals surface area contributed by atoms with Gasteiger partial charge in [-0.15, -0.1) is 0 Å². The van der Waals surface area contributed by atoms with Gasteiger partial charge in [0.25, 0.3) is 0 Å². The Labute approximate surface area is 76.1 Å². The Hall–Kier alpha value is -0.680. The Bertz CT molecular complexity index is 235. The van der Waals surface area contributed by atoms with Crippen LogP contribution in [0.2, 0.25) is 0 Å². The molecular formula is C7H11N3OS. The number of carbonyl (C=O) groups is 1. The highest BCUT2D eigenvalue weighted by molar-refractivity contribution is 7.80. The third-order valence-electron chi connectivity index (χ3n) is 2.47. The van der Waals surface area contributed by atoms with E-state index in [-0.39, 0.29) is 11.6 Å². The summed E-state index contributed by atoms with van der Waals surface area (Å²) < 4.78 is 0. The molecule has 2 amide bonds. The van der Waals surface area contributed by atoms with E-state index in [1.165, 1.54) is 0 Å². The predicted octanol–water partition coefficient (Wildman–Crippen LogP) is -0.251. The van der Waals surface area contributed by atoms with Crippen LogP contribution in [0.15, 0.2) is 0 Å². The van der Waals surface area contributed by atoms with E-state index in [2.05, 4.69) is 16.0 Å². The second kappa shape index (κ2) is 2.67. The van der Waals surface area contributed by atoms with Crippen LogP contribution in [0.3, 0.4) is 0 Å². The molecule has 0 bridgehead atoms. The maximum Gasteiger partial charge on any atom is 0.320 e. The number of urea groups is 1. The quantitative estimate of drug-likeness (QED) is 0.456. The van der Waals surface area contributed by atoms with E-state index >= 15 is 0 Å². The molecule has 0 radical (unpaired) electrons. The summed E-state index contributed by atoms with van der Waals surface area (Å²) in [7, 11) is 0. The highest BCUT2D eigenvalue weighted by Crippen LogP contribution is 2.22. The van der Waals surface area contributed by atoms with Crippen molar-refractivity contribution in [3.8, 4) is 0 Å². The first kappa shape index (κ1) is 7.94.